The first kappa shape index (κ1) is 24.4. The summed E-state index contributed by atoms with van der Waals surface area (Å²) in [5.74, 6) is 0. The summed E-state index contributed by atoms with van der Waals surface area (Å²) >= 11 is 0. The van der Waals surface area contributed by atoms with Gasteiger partial charge in [0, 0.05) is 18.7 Å². The molecular formula is C15H32N2O6. The van der Waals surface area contributed by atoms with E-state index < -0.39 is 0 Å². The average Bonchev–Trinajstić information content (AvgIpc) is 2.54. The van der Waals surface area contributed by atoms with Crippen LogP contribution >= 0.6 is 0 Å². The third-order valence-electron chi connectivity index (χ3n) is 2.08. The van der Waals surface area contributed by atoms with E-state index in [1.165, 1.54) is 0 Å². The Bertz CT molecular complexity index is 266. The molecule has 1 unspecified atom stereocenters. The highest BCUT2D eigenvalue weighted by molar-refractivity contribution is 5.78. The van der Waals surface area contributed by atoms with Gasteiger partial charge in [-0.15, -0.1) is 6.58 Å². The molecule has 0 aromatic heterocycles. The van der Waals surface area contributed by atoms with Gasteiger partial charge in [0.2, 0.25) is 0 Å². The smallest absolute Gasteiger partial charge is 0.166 e. The van der Waals surface area contributed by atoms with Crippen LogP contribution in [0.3, 0.4) is 0 Å². The van der Waals surface area contributed by atoms with Gasteiger partial charge in [-0.1, -0.05) is 6.08 Å². The molecule has 138 valence electrons. The molecule has 0 spiro atoms. The maximum absolute atomic E-state index is 6.99. The second-order valence-corrected chi connectivity index (χ2v) is 4.16. The lowest BCUT2D eigenvalue weighted by atomic mass is 10.3. The first-order valence-electron chi connectivity index (χ1n) is 7.72. The van der Waals surface area contributed by atoms with Gasteiger partial charge in [-0.05, 0) is 27.7 Å². The number of nitrogens with one attached hydrogen (secondary N) is 2. The molecule has 8 heteroatoms. The van der Waals surface area contributed by atoms with E-state index in [0.717, 1.165) is 0 Å². The first-order valence-corrected chi connectivity index (χ1v) is 7.72. The summed E-state index contributed by atoms with van der Waals surface area (Å²) < 4.78 is 4.96. The number of rotatable bonds is 15. The first-order chi connectivity index (χ1) is 11.1. The Hall–Kier alpha value is -0.870. The maximum atomic E-state index is 6.99. The predicted molar refractivity (Wildman–Crippen MR) is 87.9 cm³/mol. The van der Waals surface area contributed by atoms with Crippen molar-refractivity contribution in [3.8, 4) is 0 Å². The topological polar surface area (TPSA) is 91.3 Å². The van der Waals surface area contributed by atoms with Crippen LogP contribution in [0.25, 0.3) is 0 Å². The van der Waals surface area contributed by atoms with E-state index in [1.54, 1.807) is 13.0 Å². The average molecular weight is 336 g/mol. The molecule has 2 N–H and O–H groups in total. The van der Waals surface area contributed by atoms with Crippen molar-refractivity contribution in [3.63, 3.8) is 0 Å². The molecule has 8 nitrogen and oxygen atoms in total. The van der Waals surface area contributed by atoms with Crippen LogP contribution < -0.4 is 5.48 Å². The molecule has 0 amide bonds. The number of hydroxylamine groups is 1. The van der Waals surface area contributed by atoms with Gasteiger partial charge in [-0.25, -0.2) is 19.6 Å². The Morgan fingerprint density at radius 1 is 1.09 bits per heavy atom. The largest absolute Gasteiger partial charge is 0.354 e. The minimum absolute atomic E-state index is 0.109. The lowest BCUT2D eigenvalue weighted by Crippen LogP contribution is -2.32. The van der Waals surface area contributed by atoms with Crippen LogP contribution in [0, 0.1) is 5.41 Å². The Morgan fingerprint density at radius 3 is 2.26 bits per heavy atom. The van der Waals surface area contributed by atoms with Gasteiger partial charge in [0.15, 0.2) is 6.79 Å². The summed E-state index contributed by atoms with van der Waals surface area (Å²) in [4.78, 5) is 23.8. The zero-order valence-corrected chi connectivity index (χ0v) is 14.8. The van der Waals surface area contributed by atoms with E-state index in [9.17, 15) is 0 Å². The third-order valence-corrected chi connectivity index (χ3v) is 2.08. The highest BCUT2D eigenvalue weighted by Crippen LogP contribution is 1.89. The summed E-state index contributed by atoms with van der Waals surface area (Å²) in [7, 11) is 0. The van der Waals surface area contributed by atoms with Gasteiger partial charge in [0.1, 0.15) is 6.61 Å². The third kappa shape index (κ3) is 23.5. The zero-order chi connectivity index (χ0) is 17.8. The molecular weight excluding hydrogens is 304 g/mol. The molecule has 1 atom stereocenters. The molecule has 0 saturated carbocycles. The Kier molecular flexibility index (Phi) is 22.4. The molecule has 0 fully saturated rings. The van der Waals surface area contributed by atoms with Crippen LogP contribution in [0.1, 0.15) is 34.1 Å². The molecule has 0 aromatic carbocycles. The molecule has 0 rings (SSSR count). The van der Waals surface area contributed by atoms with Crippen molar-refractivity contribution in [2.24, 2.45) is 0 Å². The predicted octanol–water partition coefficient (Wildman–Crippen LogP) is 2.41. The van der Waals surface area contributed by atoms with Crippen LogP contribution in [0.15, 0.2) is 12.7 Å². The number of hydrogen-bond donors (Lipinski definition) is 2. The molecule has 23 heavy (non-hydrogen) atoms. The Morgan fingerprint density at radius 2 is 1.74 bits per heavy atom. The maximum Gasteiger partial charge on any atom is 0.166 e. The van der Waals surface area contributed by atoms with E-state index >= 15 is 0 Å². The van der Waals surface area contributed by atoms with Crippen LogP contribution in [0.4, 0.5) is 0 Å². The summed E-state index contributed by atoms with van der Waals surface area (Å²) in [6.07, 6.45) is 2.32. The lowest BCUT2D eigenvalue weighted by molar-refractivity contribution is -0.296. The highest BCUT2D eigenvalue weighted by Gasteiger charge is 2.03. The van der Waals surface area contributed by atoms with E-state index in [1.807, 2.05) is 20.8 Å². The summed E-state index contributed by atoms with van der Waals surface area (Å²) in [5.41, 5.74) is 3.34. The standard InChI is InChI=1S/C9H19NO4.C6H13NO2/c1-4-9(7-14-13-6-3)10-12-8-11-5-2;1-3-8-9-5-4-6(2)7/h4,9-10H,1,5-8H2,2-3H3;7H,3-5H2,1-2H3. The van der Waals surface area contributed by atoms with Gasteiger partial charge in [-0.3, -0.25) is 4.84 Å². The normalized spacial score (nSPS) is 11.5. The fourth-order valence-electron chi connectivity index (χ4n) is 0.958. The fraction of sp³-hybridized carbons (Fsp3) is 0.800. The van der Waals surface area contributed by atoms with Gasteiger partial charge in [0.25, 0.3) is 0 Å². The molecule has 0 saturated heterocycles. The second-order valence-electron chi connectivity index (χ2n) is 4.16. The summed E-state index contributed by atoms with van der Waals surface area (Å²) in [5, 5.41) is 6.99. The van der Waals surface area contributed by atoms with E-state index in [2.05, 4.69) is 21.8 Å². The van der Waals surface area contributed by atoms with Crippen LogP contribution in [0.5, 0.6) is 0 Å². The Balaban J connectivity index is 0. The van der Waals surface area contributed by atoms with Gasteiger partial charge in [0.05, 0.1) is 25.9 Å². The second kappa shape index (κ2) is 21.1. The van der Waals surface area contributed by atoms with E-state index in [4.69, 9.17) is 24.8 Å². The molecule has 0 bridgehead atoms. The number of ether oxygens (including phenoxy) is 1. The van der Waals surface area contributed by atoms with Crippen molar-refractivity contribution in [2.45, 2.75) is 40.2 Å². The van der Waals surface area contributed by atoms with Crippen LogP contribution in [-0.4, -0.2) is 51.6 Å². The van der Waals surface area contributed by atoms with Crippen molar-refractivity contribution >= 4 is 5.71 Å². The van der Waals surface area contributed by atoms with Crippen molar-refractivity contribution in [2.75, 3.05) is 39.8 Å². The van der Waals surface area contributed by atoms with E-state index in [0.29, 0.717) is 45.2 Å². The minimum Gasteiger partial charge on any atom is -0.354 e. The Labute approximate surface area is 139 Å². The van der Waals surface area contributed by atoms with E-state index in [-0.39, 0.29) is 12.8 Å². The van der Waals surface area contributed by atoms with Crippen molar-refractivity contribution in [1.82, 2.24) is 5.48 Å². The summed E-state index contributed by atoms with van der Waals surface area (Å²) in [6.45, 7) is 13.7. The molecule has 0 heterocycles. The zero-order valence-electron chi connectivity index (χ0n) is 14.8. The van der Waals surface area contributed by atoms with Crippen molar-refractivity contribution in [3.05, 3.63) is 12.7 Å². The van der Waals surface area contributed by atoms with Gasteiger partial charge >= 0.3 is 0 Å². The SMILES string of the molecule is C=CC(COOCC)NOCOCC.CCOOCCC(C)=N. The van der Waals surface area contributed by atoms with Crippen molar-refractivity contribution in [1.29, 1.82) is 5.41 Å². The molecule has 0 aromatic rings. The number of hydrogen-bond acceptors (Lipinski definition) is 8. The summed E-state index contributed by atoms with van der Waals surface area (Å²) in [6, 6.07) is -0.109. The molecule has 0 aliphatic heterocycles. The van der Waals surface area contributed by atoms with Gasteiger partial charge < -0.3 is 10.1 Å². The minimum atomic E-state index is -0.109. The quantitative estimate of drug-likeness (QED) is 0.118. The van der Waals surface area contributed by atoms with Crippen LogP contribution in [0.2, 0.25) is 0 Å². The van der Waals surface area contributed by atoms with Crippen LogP contribution in [-0.2, 0) is 29.1 Å². The fourth-order valence-corrected chi connectivity index (χ4v) is 0.958. The van der Waals surface area contributed by atoms with Gasteiger partial charge in [-0.2, -0.15) is 5.48 Å². The highest BCUT2D eigenvalue weighted by atomic mass is 17.2. The molecule has 0 aliphatic carbocycles. The molecule has 0 radical (unpaired) electrons. The van der Waals surface area contributed by atoms with Crippen molar-refractivity contribution < 1.29 is 29.1 Å². The lowest BCUT2D eigenvalue weighted by Gasteiger charge is -2.13. The molecule has 0 aliphatic rings. The monoisotopic (exact) mass is 336 g/mol.